The van der Waals surface area contributed by atoms with E-state index in [0.29, 0.717) is 31.6 Å². The third kappa shape index (κ3) is 4.63. The molecule has 0 bridgehead atoms. The van der Waals surface area contributed by atoms with Gasteiger partial charge in [-0.1, -0.05) is 25.0 Å². The van der Waals surface area contributed by atoms with Gasteiger partial charge in [-0.2, -0.15) is 4.31 Å². The summed E-state index contributed by atoms with van der Waals surface area (Å²) in [6.07, 6.45) is 8.83. The summed E-state index contributed by atoms with van der Waals surface area (Å²) in [4.78, 5) is 38.7. The van der Waals surface area contributed by atoms with Gasteiger partial charge in [0.25, 0.3) is 0 Å². The molecule has 1 aromatic carbocycles. The van der Waals surface area contributed by atoms with Gasteiger partial charge in [0.1, 0.15) is 0 Å². The maximum atomic E-state index is 12.9. The van der Waals surface area contributed by atoms with E-state index in [1.54, 1.807) is 12.1 Å². The molecule has 2 saturated heterocycles. The smallest absolute Gasteiger partial charge is 0.243 e. The maximum absolute atomic E-state index is 12.9. The fourth-order valence-corrected chi connectivity index (χ4v) is 6.18. The first-order valence-electron chi connectivity index (χ1n) is 11.3. The molecule has 1 aliphatic carbocycles. The lowest BCUT2D eigenvalue weighted by Crippen LogP contribution is -2.34. The summed E-state index contributed by atoms with van der Waals surface area (Å²) in [6.45, 7) is 1.12. The van der Waals surface area contributed by atoms with E-state index in [9.17, 15) is 22.8 Å². The number of carbonyl (C=O) groups is 3. The van der Waals surface area contributed by atoms with Crippen LogP contribution in [0.4, 0.5) is 5.69 Å². The van der Waals surface area contributed by atoms with Crippen molar-refractivity contribution < 1.29 is 22.8 Å². The van der Waals surface area contributed by atoms with Gasteiger partial charge in [0.15, 0.2) is 0 Å². The van der Waals surface area contributed by atoms with E-state index >= 15 is 0 Å². The molecule has 0 spiro atoms. The molecule has 32 heavy (non-hydrogen) atoms. The number of benzene rings is 1. The standard InChI is InChI=1S/C23H29N3O5S/c27-21(13-16-26-22(28)19-7-3-4-8-20(19)23(26)29)24-17-9-11-18(12-10-17)32(30,31)25-14-5-1-2-6-15-25/h3-4,9-12,19-20H,1-2,5-8,13-16H2,(H,24,27)/t19-,20-/m0/s1. The van der Waals surface area contributed by atoms with Crippen LogP contribution in [-0.4, -0.2) is 55.0 Å². The van der Waals surface area contributed by atoms with E-state index in [1.807, 2.05) is 12.2 Å². The van der Waals surface area contributed by atoms with E-state index < -0.39 is 10.0 Å². The Bertz CT molecular complexity index is 985. The summed E-state index contributed by atoms with van der Waals surface area (Å²) in [7, 11) is -3.54. The van der Waals surface area contributed by atoms with Gasteiger partial charge in [-0.15, -0.1) is 0 Å². The normalized spacial score (nSPS) is 24.3. The van der Waals surface area contributed by atoms with Crippen molar-refractivity contribution in [2.24, 2.45) is 11.8 Å². The first-order valence-corrected chi connectivity index (χ1v) is 12.7. The Labute approximate surface area is 188 Å². The number of fused-ring (bicyclic) bond motifs is 1. The minimum atomic E-state index is -3.54. The summed E-state index contributed by atoms with van der Waals surface area (Å²) < 4.78 is 27.2. The molecular formula is C23H29N3O5S. The predicted octanol–water partition coefficient (Wildman–Crippen LogP) is 2.53. The summed E-state index contributed by atoms with van der Waals surface area (Å²) in [5.74, 6) is -1.31. The van der Waals surface area contributed by atoms with Gasteiger partial charge in [-0.25, -0.2) is 8.42 Å². The molecule has 2 fully saturated rings. The Morgan fingerprint density at radius 2 is 1.47 bits per heavy atom. The number of amides is 3. The van der Waals surface area contributed by atoms with Crippen molar-refractivity contribution in [3.05, 3.63) is 36.4 Å². The molecule has 0 saturated carbocycles. The number of likely N-dealkylation sites (tertiary alicyclic amines) is 1. The van der Waals surface area contributed by atoms with Crippen LogP contribution in [0.1, 0.15) is 44.9 Å². The van der Waals surface area contributed by atoms with Gasteiger partial charge < -0.3 is 5.32 Å². The second-order valence-electron chi connectivity index (χ2n) is 8.62. The van der Waals surface area contributed by atoms with E-state index in [1.165, 1.54) is 21.3 Å². The lowest BCUT2D eigenvalue weighted by molar-refractivity contribution is -0.140. The van der Waals surface area contributed by atoms with Crippen molar-refractivity contribution in [1.82, 2.24) is 9.21 Å². The molecule has 0 unspecified atom stereocenters. The van der Waals surface area contributed by atoms with Gasteiger partial charge in [0.05, 0.1) is 16.7 Å². The first kappa shape index (κ1) is 22.7. The molecule has 172 valence electrons. The molecule has 0 aromatic heterocycles. The zero-order valence-electron chi connectivity index (χ0n) is 18.0. The molecule has 1 aromatic rings. The van der Waals surface area contributed by atoms with Crippen LogP contribution < -0.4 is 5.32 Å². The van der Waals surface area contributed by atoms with Crippen LogP contribution >= 0.6 is 0 Å². The summed E-state index contributed by atoms with van der Waals surface area (Å²) >= 11 is 0. The largest absolute Gasteiger partial charge is 0.326 e. The average Bonchev–Trinajstić information content (AvgIpc) is 2.98. The number of nitrogens with zero attached hydrogens (tertiary/aromatic N) is 2. The molecule has 2 atom stereocenters. The van der Waals surface area contributed by atoms with Crippen molar-refractivity contribution in [2.45, 2.75) is 49.8 Å². The highest BCUT2D eigenvalue weighted by Gasteiger charge is 2.46. The van der Waals surface area contributed by atoms with Gasteiger partial charge in [-0.3, -0.25) is 19.3 Å². The topological polar surface area (TPSA) is 104 Å². The number of carbonyl (C=O) groups excluding carboxylic acids is 3. The molecule has 9 heteroatoms. The SMILES string of the molecule is O=C(CCN1C(=O)[C@H]2CC=CC[C@@H]2C1=O)Nc1ccc(S(=O)(=O)N2CCCCCC2)cc1. The van der Waals surface area contributed by atoms with Crippen molar-refractivity contribution >= 4 is 33.4 Å². The molecular weight excluding hydrogens is 430 g/mol. The van der Waals surface area contributed by atoms with Crippen molar-refractivity contribution in [2.75, 3.05) is 25.0 Å². The van der Waals surface area contributed by atoms with Crippen molar-refractivity contribution in [3.63, 3.8) is 0 Å². The number of rotatable bonds is 6. The van der Waals surface area contributed by atoms with E-state index in [2.05, 4.69) is 5.32 Å². The Kier molecular flexibility index (Phi) is 6.76. The first-order chi connectivity index (χ1) is 15.4. The lowest BCUT2D eigenvalue weighted by atomic mass is 9.85. The van der Waals surface area contributed by atoms with Crippen LogP contribution in [0.15, 0.2) is 41.3 Å². The van der Waals surface area contributed by atoms with Crippen molar-refractivity contribution in [3.8, 4) is 0 Å². The van der Waals surface area contributed by atoms with Crippen LogP contribution in [-0.2, 0) is 24.4 Å². The zero-order chi connectivity index (χ0) is 22.7. The number of hydrogen-bond donors (Lipinski definition) is 1. The van der Waals surface area contributed by atoms with E-state index in [4.69, 9.17) is 0 Å². The Morgan fingerprint density at radius 1 is 0.906 bits per heavy atom. The second kappa shape index (κ2) is 9.54. The zero-order valence-corrected chi connectivity index (χ0v) is 18.9. The number of anilines is 1. The molecule has 3 aliphatic rings. The van der Waals surface area contributed by atoms with Crippen LogP contribution in [0.2, 0.25) is 0 Å². The molecule has 0 radical (unpaired) electrons. The molecule has 2 aliphatic heterocycles. The molecule has 3 amide bonds. The Balaban J connectivity index is 1.32. The molecule has 8 nitrogen and oxygen atoms in total. The summed E-state index contributed by atoms with van der Waals surface area (Å²) in [5.41, 5.74) is 0.474. The fraction of sp³-hybridized carbons (Fsp3) is 0.522. The van der Waals surface area contributed by atoms with Crippen LogP contribution in [0.3, 0.4) is 0 Å². The van der Waals surface area contributed by atoms with Gasteiger partial charge >= 0.3 is 0 Å². The fourth-order valence-electron chi connectivity index (χ4n) is 4.67. The molecule has 4 rings (SSSR count). The highest BCUT2D eigenvalue weighted by Crippen LogP contribution is 2.35. The predicted molar refractivity (Wildman–Crippen MR) is 119 cm³/mol. The van der Waals surface area contributed by atoms with Crippen molar-refractivity contribution in [1.29, 1.82) is 0 Å². The van der Waals surface area contributed by atoms with E-state index in [-0.39, 0.29) is 47.4 Å². The number of hydrogen-bond acceptors (Lipinski definition) is 5. The third-order valence-electron chi connectivity index (χ3n) is 6.50. The minimum absolute atomic E-state index is 0.00181. The highest BCUT2D eigenvalue weighted by molar-refractivity contribution is 7.89. The van der Waals surface area contributed by atoms with Crippen LogP contribution in [0, 0.1) is 11.8 Å². The van der Waals surface area contributed by atoms with Crippen LogP contribution in [0.5, 0.6) is 0 Å². The number of allylic oxidation sites excluding steroid dienone is 2. The molecule has 1 N–H and O–H groups in total. The second-order valence-corrected chi connectivity index (χ2v) is 10.6. The van der Waals surface area contributed by atoms with E-state index in [0.717, 1.165) is 25.7 Å². The maximum Gasteiger partial charge on any atom is 0.243 e. The monoisotopic (exact) mass is 459 g/mol. The lowest BCUT2D eigenvalue weighted by Gasteiger charge is -2.20. The summed E-state index contributed by atoms with van der Waals surface area (Å²) in [6, 6.07) is 6.13. The minimum Gasteiger partial charge on any atom is -0.326 e. The highest BCUT2D eigenvalue weighted by atomic mass is 32.2. The van der Waals surface area contributed by atoms with Gasteiger partial charge in [0, 0.05) is 31.7 Å². The number of sulfonamides is 1. The quantitative estimate of drug-likeness (QED) is 0.520. The van der Waals surface area contributed by atoms with Gasteiger partial charge in [0.2, 0.25) is 27.7 Å². The number of nitrogens with one attached hydrogen (secondary N) is 1. The summed E-state index contributed by atoms with van der Waals surface area (Å²) in [5, 5.41) is 2.72. The molecule has 2 heterocycles. The Hall–Kier alpha value is -2.52. The third-order valence-corrected chi connectivity index (χ3v) is 8.42. The van der Waals surface area contributed by atoms with Crippen LogP contribution in [0.25, 0.3) is 0 Å². The van der Waals surface area contributed by atoms with Gasteiger partial charge in [-0.05, 0) is 49.9 Å². The Morgan fingerprint density at radius 3 is 2.03 bits per heavy atom. The average molecular weight is 460 g/mol. The number of imide groups is 1.